The van der Waals surface area contributed by atoms with E-state index >= 15 is 0 Å². The molecule has 0 atom stereocenters. The second-order valence-corrected chi connectivity index (χ2v) is 27.5. The normalized spacial score (nSPS) is 13.6. The third kappa shape index (κ3) is 7.42. The first-order valence-corrected chi connectivity index (χ1v) is 22.5. The molecule has 5 rings (SSSR count). The van der Waals surface area contributed by atoms with Crippen LogP contribution in [0.5, 0.6) is 0 Å². The van der Waals surface area contributed by atoms with Gasteiger partial charge in [0.25, 0.3) is 0 Å². The number of aryl methyl sites for hydroxylation is 1. The largest absolute Gasteiger partial charge is 0.0622 e. The van der Waals surface area contributed by atoms with Crippen LogP contribution in [0.4, 0.5) is 0 Å². The van der Waals surface area contributed by atoms with Gasteiger partial charge in [0.15, 0.2) is 0 Å². The Morgan fingerprint density at radius 2 is 1.00 bits per heavy atom. The van der Waals surface area contributed by atoms with Crippen LogP contribution in [0, 0.1) is 6.92 Å². The molecule has 0 amide bonds. The molecule has 0 saturated carbocycles. The summed E-state index contributed by atoms with van der Waals surface area (Å²) < 4.78 is 7.05. The summed E-state index contributed by atoms with van der Waals surface area (Å²) in [6.07, 6.45) is 11.0. The van der Waals surface area contributed by atoms with E-state index in [0.717, 1.165) is 6.42 Å². The fraction of sp³-hybridized carbons (Fsp3) is 0.243. The monoisotopic (exact) mass is 577 g/mol. The zero-order valence-corrected chi connectivity index (χ0v) is 25.7. The van der Waals surface area contributed by atoms with Gasteiger partial charge in [-0.05, 0) is 6.92 Å². The predicted octanol–water partition coefficient (Wildman–Crippen LogP) is 10.3. The molecule has 0 saturated heterocycles. The van der Waals surface area contributed by atoms with Crippen LogP contribution >= 0.6 is 0 Å². The summed E-state index contributed by atoms with van der Waals surface area (Å²) in [5, 5.41) is 0. The van der Waals surface area contributed by atoms with Gasteiger partial charge in [0, 0.05) is 0 Å². The summed E-state index contributed by atoms with van der Waals surface area (Å²) >= 11 is -3.59. The molecule has 0 N–H and O–H groups in total. The third-order valence-corrected chi connectivity index (χ3v) is 27.6. The standard InChI is InChI=1S/C7H8.3C7H7.C5H5.C4H9.Zr/c4*1-7-5-3-2-4-6-7;1-2-4-5-3-1;1-3-4-2;/h2-6H,1H3;3*2-6H,1H2;1-3H,4H2;1,3-4H2,2H3;. The molecule has 4 aromatic carbocycles. The molecule has 1 heteroatoms. The first-order valence-electron chi connectivity index (χ1n) is 14.3. The van der Waals surface area contributed by atoms with Crippen LogP contribution in [0.1, 0.15) is 48.4 Å². The van der Waals surface area contributed by atoms with Crippen molar-refractivity contribution < 1.29 is 18.8 Å². The van der Waals surface area contributed by atoms with Crippen LogP contribution < -0.4 is 0 Å². The van der Waals surface area contributed by atoms with Gasteiger partial charge >= 0.3 is 191 Å². The summed E-state index contributed by atoms with van der Waals surface area (Å²) in [6, 6.07) is 44.3. The minimum Gasteiger partial charge on any atom is -0.0622 e. The molecule has 0 spiro atoms. The van der Waals surface area contributed by atoms with Crippen molar-refractivity contribution in [2.75, 3.05) is 0 Å². The van der Waals surface area contributed by atoms with Crippen LogP contribution in [0.3, 0.4) is 0 Å². The van der Waals surface area contributed by atoms with Crippen molar-refractivity contribution in [2.24, 2.45) is 0 Å². The molecular weight excluding hydrogens is 536 g/mol. The summed E-state index contributed by atoms with van der Waals surface area (Å²) in [5.41, 5.74) is 5.92. The second kappa shape index (κ2) is 13.9. The Hall–Kier alpha value is -2.76. The van der Waals surface area contributed by atoms with Gasteiger partial charge in [0.05, 0.1) is 0 Å². The van der Waals surface area contributed by atoms with Crippen molar-refractivity contribution in [1.29, 1.82) is 0 Å². The topological polar surface area (TPSA) is 0 Å². The van der Waals surface area contributed by atoms with E-state index in [1.165, 1.54) is 51.6 Å². The Bertz CT molecular complexity index is 1180. The molecule has 195 valence electrons. The smallest absolute Gasteiger partial charge is 0.0398 e. The molecule has 1 aliphatic carbocycles. The van der Waals surface area contributed by atoms with E-state index in [0.29, 0.717) is 0 Å². The van der Waals surface area contributed by atoms with Gasteiger partial charge in [-0.25, -0.2) is 0 Å². The first-order chi connectivity index (χ1) is 18.6. The SMILES string of the molecule is CCC[CH2][Zr]([CH2]c1ccccc1)([CH2]c1ccccc1)([CH2]c1ccccc1)[C]1=CC=CC1.Cc1ccccc1. The zero-order valence-electron chi connectivity index (χ0n) is 23.2. The van der Waals surface area contributed by atoms with Gasteiger partial charge in [-0.2, -0.15) is 0 Å². The molecular formula is C37H43Zr. The molecule has 4 aromatic rings. The van der Waals surface area contributed by atoms with Crippen molar-refractivity contribution in [1.82, 2.24) is 0 Å². The number of hydrogen-bond acceptors (Lipinski definition) is 0. The third-order valence-electron chi connectivity index (χ3n) is 8.34. The van der Waals surface area contributed by atoms with Crippen molar-refractivity contribution >= 4 is 0 Å². The molecule has 1 aliphatic rings. The maximum Gasteiger partial charge on any atom is -0.0398 e. The first kappa shape index (κ1) is 28.3. The van der Waals surface area contributed by atoms with Gasteiger partial charge in [0.1, 0.15) is 0 Å². The fourth-order valence-corrected chi connectivity index (χ4v) is 27.1. The number of unbranched alkanes of at least 4 members (excludes halogenated alkanes) is 1. The van der Waals surface area contributed by atoms with E-state index < -0.39 is 18.8 Å². The maximum absolute atomic E-state index is 3.59. The van der Waals surface area contributed by atoms with Crippen LogP contribution in [0.25, 0.3) is 0 Å². The minimum absolute atomic E-state index is 1.15. The van der Waals surface area contributed by atoms with Gasteiger partial charge in [0.2, 0.25) is 0 Å². The van der Waals surface area contributed by atoms with Crippen LogP contribution in [0.15, 0.2) is 143 Å². The molecule has 0 fully saturated rings. The van der Waals surface area contributed by atoms with Crippen LogP contribution in [-0.2, 0) is 31.2 Å². The van der Waals surface area contributed by atoms with Gasteiger partial charge in [-0.3, -0.25) is 0 Å². The van der Waals surface area contributed by atoms with Crippen LogP contribution in [0.2, 0.25) is 4.13 Å². The Kier molecular flexibility index (Phi) is 10.3. The zero-order chi connectivity index (χ0) is 26.5. The van der Waals surface area contributed by atoms with Crippen molar-refractivity contribution in [3.05, 3.63) is 165 Å². The van der Waals surface area contributed by atoms with Gasteiger partial charge in [-0.15, -0.1) is 0 Å². The summed E-state index contributed by atoms with van der Waals surface area (Å²) in [5.74, 6) is 0. The number of rotatable bonds is 10. The maximum atomic E-state index is 2.52. The van der Waals surface area contributed by atoms with E-state index in [1.807, 2.05) is 21.5 Å². The summed E-state index contributed by atoms with van der Waals surface area (Å²) in [7, 11) is 0. The second-order valence-electron chi connectivity index (χ2n) is 11.3. The molecule has 0 bridgehead atoms. The molecule has 38 heavy (non-hydrogen) atoms. The Labute approximate surface area is 232 Å². The predicted molar refractivity (Wildman–Crippen MR) is 163 cm³/mol. The molecule has 0 heterocycles. The van der Waals surface area contributed by atoms with Crippen molar-refractivity contribution in [3.8, 4) is 0 Å². The minimum atomic E-state index is -3.59. The van der Waals surface area contributed by atoms with Gasteiger partial charge < -0.3 is 0 Å². The van der Waals surface area contributed by atoms with E-state index in [2.05, 4.69) is 135 Å². The molecule has 0 aliphatic heterocycles. The van der Waals surface area contributed by atoms with E-state index in [9.17, 15) is 0 Å². The Morgan fingerprint density at radius 1 is 0.579 bits per heavy atom. The number of benzene rings is 4. The number of hydrogen-bond donors (Lipinski definition) is 0. The average molecular weight is 579 g/mol. The van der Waals surface area contributed by atoms with Crippen molar-refractivity contribution in [3.63, 3.8) is 0 Å². The molecule has 0 unspecified atom stereocenters. The van der Waals surface area contributed by atoms with Crippen molar-refractivity contribution in [2.45, 2.75) is 49.6 Å². The quantitative estimate of drug-likeness (QED) is 0.176. The summed E-state index contributed by atoms with van der Waals surface area (Å²) in [6.45, 7) is 4.44. The average Bonchev–Trinajstić information content (AvgIpc) is 3.51. The number of allylic oxidation sites excluding steroid dienone is 4. The molecule has 0 nitrogen and oxygen atoms in total. The summed E-state index contributed by atoms with van der Waals surface area (Å²) in [4.78, 5) is 0. The molecule has 0 aromatic heterocycles. The Morgan fingerprint density at radius 3 is 1.32 bits per heavy atom. The fourth-order valence-electron chi connectivity index (χ4n) is 6.49. The van der Waals surface area contributed by atoms with E-state index in [4.69, 9.17) is 0 Å². The van der Waals surface area contributed by atoms with Crippen LogP contribution in [-0.4, -0.2) is 0 Å². The van der Waals surface area contributed by atoms with Gasteiger partial charge in [-0.1, -0.05) is 35.9 Å². The van der Waals surface area contributed by atoms with E-state index in [-0.39, 0.29) is 0 Å². The Balaban J connectivity index is 0.000000417. The van der Waals surface area contributed by atoms with E-state index in [1.54, 1.807) is 0 Å². The molecule has 0 radical (unpaired) electrons.